The maximum Gasteiger partial charge on any atom is 0.132 e. The van der Waals surface area contributed by atoms with Crippen LogP contribution in [0.2, 0.25) is 0 Å². The van der Waals surface area contributed by atoms with E-state index in [-0.39, 0.29) is 5.41 Å². The fraction of sp³-hybridized carbons (Fsp3) is 0.500. The van der Waals surface area contributed by atoms with Gasteiger partial charge in [0.15, 0.2) is 0 Å². The summed E-state index contributed by atoms with van der Waals surface area (Å²) in [6, 6.07) is 10.1. The number of ketones is 1. The summed E-state index contributed by atoms with van der Waals surface area (Å²) in [4.78, 5) is 11.3. The molecule has 0 aromatic heterocycles. The normalized spacial score (nSPS) is 16.8. The predicted octanol–water partition coefficient (Wildman–Crippen LogP) is 4.21. The molecular formula is C18H22O. The maximum atomic E-state index is 11.3. The van der Waals surface area contributed by atoms with Crippen LogP contribution in [0.1, 0.15) is 51.5 Å². The van der Waals surface area contributed by atoms with Gasteiger partial charge in [-0.2, -0.15) is 0 Å². The first-order chi connectivity index (χ1) is 9.05. The average Bonchev–Trinajstić information content (AvgIpc) is 2.40. The van der Waals surface area contributed by atoms with Crippen molar-refractivity contribution >= 4 is 5.78 Å². The van der Waals surface area contributed by atoms with Crippen LogP contribution in [0, 0.1) is 23.2 Å². The molecule has 1 fully saturated rings. The summed E-state index contributed by atoms with van der Waals surface area (Å²) in [5.74, 6) is 7.76. The predicted molar refractivity (Wildman–Crippen MR) is 78.7 cm³/mol. The number of carbonyl (C=O) groups is 1. The third kappa shape index (κ3) is 4.56. The first-order valence-electron chi connectivity index (χ1n) is 7.15. The standard InChI is InChI=1S/C18H22O/c1-18(2,13-12-15-6-4-3-5-7-15)14-16-8-10-17(19)11-9-16/h3-7,16H,8-11,14H2,1-2H3. The van der Waals surface area contributed by atoms with Gasteiger partial charge < -0.3 is 0 Å². The number of Topliss-reactive ketones (excluding diaryl/α,β-unsaturated/α-hetero) is 1. The summed E-state index contributed by atoms with van der Waals surface area (Å²) in [5, 5.41) is 0. The smallest absolute Gasteiger partial charge is 0.132 e. The molecule has 0 amide bonds. The van der Waals surface area contributed by atoms with Crippen molar-refractivity contribution in [3.05, 3.63) is 35.9 Å². The van der Waals surface area contributed by atoms with Crippen molar-refractivity contribution in [2.75, 3.05) is 0 Å². The van der Waals surface area contributed by atoms with E-state index in [4.69, 9.17) is 0 Å². The summed E-state index contributed by atoms with van der Waals surface area (Å²) in [6.45, 7) is 4.42. The van der Waals surface area contributed by atoms with Gasteiger partial charge in [0.1, 0.15) is 5.78 Å². The number of benzene rings is 1. The Balaban J connectivity index is 1.95. The van der Waals surface area contributed by atoms with Gasteiger partial charge in [-0.25, -0.2) is 0 Å². The summed E-state index contributed by atoms with van der Waals surface area (Å²) in [5.41, 5.74) is 1.11. The molecule has 2 rings (SSSR count). The van der Waals surface area contributed by atoms with E-state index in [1.807, 2.05) is 30.3 Å². The lowest BCUT2D eigenvalue weighted by molar-refractivity contribution is -0.121. The zero-order chi connectivity index (χ0) is 13.7. The molecule has 1 aliphatic carbocycles. The molecule has 1 aromatic carbocycles. The second-order valence-electron chi connectivity index (χ2n) is 6.19. The third-order valence-electron chi connectivity index (χ3n) is 3.78. The van der Waals surface area contributed by atoms with E-state index in [9.17, 15) is 4.79 Å². The number of hydrogen-bond acceptors (Lipinski definition) is 1. The SMILES string of the molecule is CC(C)(C#Cc1ccccc1)CC1CCC(=O)CC1. The molecule has 1 aromatic rings. The van der Waals surface area contributed by atoms with E-state index < -0.39 is 0 Å². The molecular weight excluding hydrogens is 232 g/mol. The van der Waals surface area contributed by atoms with Gasteiger partial charge in [0, 0.05) is 23.8 Å². The molecule has 0 aliphatic heterocycles. The van der Waals surface area contributed by atoms with Gasteiger partial charge in [-0.15, -0.1) is 0 Å². The minimum Gasteiger partial charge on any atom is -0.300 e. The van der Waals surface area contributed by atoms with Crippen LogP contribution in [0.15, 0.2) is 30.3 Å². The minimum absolute atomic E-state index is 0.0287. The van der Waals surface area contributed by atoms with Crippen molar-refractivity contribution in [3.8, 4) is 11.8 Å². The van der Waals surface area contributed by atoms with Crippen molar-refractivity contribution < 1.29 is 4.79 Å². The van der Waals surface area contributed by atoms with E-state index in [0.29, 0.717) is 11.7 Å². The topological polar surface area (TPSA) is 17.1 Å². The highest BCUT2D eigenvalue weighted by molar-refractivity contribution is 5.79. The van der Waals surface area contributed by atoms with Crippen LogP contribution in [-0.4, -0.2) is 5.78 Å². The summed E-state index contributed by atoms with van der Waals surface area (Å²) in [7, 11) is 0. The second kappa shape index (κ2) is 6.06. The fourth-order valence-corrected chi connectivity index (χ4v) is 2.74. The lowest BCUT2D eigenvalue weighted by atomic mass is 9.76. The molecule has 0 heterocycles. The Morgan fingerprint density at radius 1 is 1.16 bits per heavy atom. The molecule has 0 radical (unpaired) electrons. The molecule has 0 atom stereocenters. The van der Waals surface area contributed by atoms with Crippen molar-refractivity contribution in [2.45, 2.75) is 46.0 Å². The Hall–Kier alpha value is -1.55. The van der Waals surface area contributed by atoms with E-state index in [1.54, 1.807) is 0 Å². The van der Waals surface area contributed by atoms with E-state index in [2.05, 4.69) is 25.7 Å². The number of rotatable bonds is 2. The highest BCUT2D eigenvalue weighted by atomic mass is 16.1. The monoisotopic (exact) mass is 254 g/mol. The Morgan fingerprint density at radius 2 is 1.79 bits per heavy atom. The highest BCUT2D eigenvalue weighted by Gasteiger charge is 2.25. The van der Waals surface area contributed by atoms with Crippen molar-refractivity contribution in [1.29, 1.82) is 0 Å². The zero-order valence-electron chi connectivity index (χ0n) is 11.9. The van der Waals surface area contributed by atoms with Crippen LogP contribution in [0.5, 0.6) is 0 Å². The quantitative estimate of drug-likeness (QED) is 0.722. The lowest BCUT2D eigenvalue weighted by Crippen LogP contribution is -2.20. The first-order valence-corrected chi connectivity index (χ1v) is 7.15. The molecule has 1 aliphatic rings. The summed E-state index contributed by atoms with van der Waals surface area (Å²) < 4.78 is 0. The van der Waals surface area contributed by atoms with Gasteiger partial charge in [0.25, 0.3) is 0 Å². The molecule has 0 unspecified atom stereocenters. The number of carbonyl (C=O) groups excluding carboxylic acids is 1. The molecule has 0 spiro atoms. The zero-order valence-corrected chi connectivity index (χ0v) is 11.9. The molecule has 0 bridgehead atoms. The first kappa shape index (κ1) is 13.9. The van der Waals surface area contributed by atoms with Gasteiger partial charge in [-0.3, -0.25) is 4.79 Å². The molecule has 100 valence electrons. The van der Waals surface area contributed by atoms with Crippen LogP contribution in [0.4, 0.5) is 0 Å². The van der Waals surface area contributed by atoms with Crippen molar-refractivity contribution in [3.63, 3.8) is 0 Å². The Bertz CT molecular complexity index is 477. The van der Waals surface area contributed by atoms with Crippen molar-refractivity contribution in [1.82, 2.24) is 0 Å². The molecule has 1 nitrogen and oxygen atoms in total. The Morgan fingerprint density at radius 3 is 2.42 bits per heavy atom. The molecule has 19 heavy (non-hydrogen) atoms. The molecule has 0 saturated heterocycles. The maximum absolute atomic E-state index is 11.3. The Labute approximate surface area is 116 Å². The van der Waals surface area contributed by atoms with Crippen LogP contribution in [-0.2, 0) is 4.79 Å². The minimum atomic E-state index is 0.0287. The van der Waals surface area contributed by atoms with E-state index >= 15 is 0 Å². The van der Waals surface area contributed by atoms with Gasteiger partial charge in [0.05, 0.1) is 0 Å². The van der Waals surface area contributed by atoms with Crippen LogP contribution >= 0.6 is 0 Å². The van der Waals surface area contributed by atoms with Crippen molar-refractivity contribution in [2.24, 2.45) is 11.3 Å². The Kier molecular flexibility index (Phi) is 4.43. The molecule has 1 saturated carbocycles. The fourth-order valence-electron chi connectivity index (χ4n) is 2.74. The van der Waals surface area contributed by atoms with Gasteiger partial charge in [-0.05, 0) is 51.2 Å². The summed E-state index contributed by atoms with van der Waals surface area (Å²) >= 11 is 0. The van der Waals surface area contributed by atoms with E-state index in [0.717, 1.165) is 37.7 Å². The van der Waals surface area contributed by atoms with E-state index in [1.165, 1.54) is 0 Å². The van der Waals surface area contributed by atoms with Crippen LogP contribution in [0.3, 0.4) is 0 Å². The summed E-state index contributed by atoms with van der Waals surface area (Å²) in [6.07, 6.45) is 4.74. The third-order valence-corrected chi connectivity index (χ3v) is 3.78. The lowest BCUT2D eigenvalue weighted by Gasteiger charge is -2.27. The second-order valence-corrected chi connectivity index (χ2v) is 6.19. The highest BCUT2D eigenvalue weighted by Crippen LogP contribution is 2.33. The van der Waals surface area contributed by atoms with Gasteiger partial charge >= 0.3 is 0 Å². The molecule has 0 N–H and O–H groups in total. The molecule has 1 heteroatoms. The van der Waals surface area contributed by atoms with Crippen LogP contribution in [0.25, 0.3) is 0 Å². The average molecular weight is 254 g/mol. The van der Waals surface area contributed by atoms with Gasteiger partial charge in [-0.1, -0.05) is 30.0 Å². The van der Waals surface area contributed by atoms with Crippen LogP contribution < -0.4 is 0 Å². The van der Waals surface area contributed by atoms with Gasteiger partial charge in [0.2, 0.25) is 0 Å². The number of hydrogen-bond donors (Lipinski definition) is 0. The largest absolute Gasteiger partial charge is 0.300 e.